The number of nitrogens with one attached hydrogen (secondary N) is 1. The molecule has 0 spiro atoms. The van der Waals surface area contributed by atoms with Gasteiger partial charge in [-0.2, -0.15) is 0 Å². The van der Waals surface area contributed by atoms with Crippen LogP contribution in [0.4, 0.5) is 0 Å². The molecule has 0 aromatic rings. The van der Waals surface area contributed by atoms with Crippen molar-refractivity contribution in [2.24, 2.45) is 0 Å². The van der Waals surface area contributed by atoms with Crippen LogP contribution >= 0.6 is 7.60 Å². The van der Waals surface area contributed by atoms with E-state index in [-0.39, 0.29) is 37.7 Å². The van der Waals surface area contributed by atoms with E-state index in [9.17, 15) is 19.0 Å². The van der Waals surface area contributed by atoms with Gasteiger partial charge in [-0.05, 0) is 19.9 Å². The molecular formula is C42H84NO7P. The maximum absolute atomic E-state index is 12.6. The summed E-state index contributed by atoms with van der Waals surface area (Å²) in [6.07, 6.45) is 37.4. The van der Waals surface area contributed by atoms with E-state index in [0.717, 1.165) is 38.5 Å². The average molecular weight is 746 g/mol. The number of hydrogen-bond donors (Lipinski definition) is 2. The quantitative estimate of drug-likeness (QED) is 0.0361. The first kappa shape index (κ1) is 50.1. The lowest BCUT2D eigenvalue weighted by atomic mass is 10.0. The van der Waals surface area contributed by atoms with Gasteiger partial charge in [0, 0.05) is 19.4 Å². The molecule has 0 heterocycles. The van der Waals surface area contributed by atoms with Crippen LogP contribution < -0.4 is 5.32 Å². The molecule has 8 nitrogen and oxygen atoms in total. The second-order valence-corrected chi connectivity index (χ2v) is 16.9. The maximum Gasteiger partial charge on any atom is 0.329 e. The Balaban J connectivity index is 4.11. The summed E-state index contributed by atoms with van der Waals surface area (Å²) in [7, 11) is -2.15. The van der Waals surface area contributed by atoms with Crippen LogP contribution in [0.15, 0.2) is 0 Å². The van der Waals surface area contributed by atoms with Crippen molar-refractivity contribution >= 4 is 19.5 Å². The molecule has 2 atom stereocenters. The van der Waals surface area contributed by atoms with Crippen LogP contribution in [0.1, 0.15) is 219 Å². The Bertz CT molecular complexity index is 812. The summed E-state index contributed by atoms with van der Waals surface area (Å²) in [5.74, 6) is -0.727. The highest BCUT2D eigenvalue weighted by atomic mass is 31.2. The van der Waals surface area contributed by atoms with Gasteiger partial charge in [0.05, 0.1) is 12.8 Å². The van der Waals surface area contributed by atoms with E-state index in [1.807, 2.05) is 0 Å². The number of unbranched alkanes of at least 4 members (excludes halogenated alkanes) is 28. The second kappa shape index (κ2) is 38.8. The molecular weight excluding hydrogens is 661 g/mol. The Kier molecular flexibility index (Phi) is 38.0. The molecule has 2 N–H and O–H groups in total. The predicted molar refractivity (Wildman–Crippen MR) is 215 cm³/mol. The summed E-state index contributed by atoms with van der Waals surface area (Å²) in [4.78, 5) is 35.1. The minimum atomic E-state index is -3.85. The molecule has 304 valence electrons. The van der Waals surface area contributed by atoms with Crippen molar-refractivity contribution in [3.05, 3.63) is 0 Å². The summed E-state index contributed by atoms with van der Waals surface area (Å²) >= 11 is 0. The summed E-state index contributed by atoms with van der Waals surface area (Å²) in [5, 5.41) is 2.83. The first-order valence-corrected chi connectivity index (χ1v) is 23.6. The van der Waals surface area contributed by atoms with Gasteiger partial charge < -0.3 is 24.2 Å². The van der Waals surface area contributed by atoms with E-state index in [2.05, 4.69) is 19.2 Å². The SMILES string of the molecule is CCCCCCCCCCCCCCCCCC(=O)OC[C@@H](COP(=O)(O)CCNC)OC(=O)CCCCCCCCCCCCCCCCC. The van der Waals surface area contributed by atoms with Gasteiger partial charge in [0.25, 0.3) is 0 Å². The molecule has 0 radical (unpaired) electrons. The van der Waals surface area contributed by atoms with Crippen molar-refractivity contribution in [3.63, 3.8) is 0 Å². The minimum absolute atomic E-state index is 0.0533. The van der Waals surface area contributed by atoms with Crippen LogP contribution in [0.3, 0.4) is 0 Å². The molecule has 0 aliphatic heterocycles. The Morgan fingerprint density at radius 3 is 1.22 bits per heavy atom. The van der Waals surface area contributed by atoms with Gasteiger partial charge in [-0.3, -0.25) is 14.2 Å². The van der Waals surface area contributed by atoms with Crippen molar-refractivity contribution < 1.29 is 33.0 Å². The van der Waals surface area contributed by atoms with Crippen LogP contribution in [0.2, 0.25) is 0 Å². The fraction of sp³-hybridized carbons (Fsp3) is 0.952. The Labute approximate surface area is 315 Å². The van der Waals surface area contributed by atoms with Crippen molar-refractivity contribution in [1.82, 2.24) is 5.32 Å². The summed E-state index contributed by atoms with van der Waals surface area (Å²) < 4.78 is 28.6. The van der Waals surface area contributed by atoms with Crippen molar-refractivity contribution in [2.45, 2.75) is 225 Å². The number of rotatable bonds is 41. The average Bonchev–Trinajstić information content (AvgIpc) is 3.11. The molecule has 0 fully saturated rings. The molecule has 0 aliphatic carbocycles. The zero-order valence-electron chi connectivity index (χ0n) is 33.9. The third-order valence-corrected chi connectivity index (χ3v) is 11.1. The van der Waals surface area contributed by atoms with Gasteiger partial charge in [-0.25, -0.2) is 0 Å². The van der Waals surface area contributed by atoms with Crippen molar-refractivity contribution in [1.29, 1.82) is 0 Å². The van der Waals surface area contributed by atoms with E-state index < -0.39 is 13.7 Å². The Morgan fingerprint density at radius 2 is 0.863 bits per heavy atom. The number of carbonyl (C=O) groups is 2. The van der Waals surface area contributed by atoms with Crippen LogP contribution in [-0.2, 0) is 28.2 Å². The lowest BCUT2D eigenvalue weighted by Gasteiger charge is -2.20. The molecule has 0 aromatic carbocycles. The zero-order chi connectivity index (χ0) is 37.5. The topological polar surface area (TPSA) is 111 Å². The summed E-state index contributed by atoms with van der Waals surface area (Å²) in [5.41, 5.74) is 0. The molecule has 0 aromatic heterocycles. The van der Waals surface area contributed by atoms with E-state index >= 15 is 0 Å². The van der Waals surface area contributed by atoms with Crippen molar-refractivity contribution in [2.75, 3.05) is 33.0 Å². The van der Waals surface area contributed by atoms with E-state index in [1.54, 1.807) is 7.05 Å². The summed E-state index contributed by atoms with van der Waals surface area (Å²) in [6.45, 7) is 4.40. The first-order chi connectivity index (χ1) is 24.8. The predicted octanol–water partition coefficient (Wildman–Crippen LogP) is 12.4. The normalized spacial score (nSPS) is 13.3. The highest BCUT2D eigenvalue weighted by molar-refractivity contribution is 7.52. The van der Waals surface area contributed by atoms with Crippen LogP contribution in [0.25, 0.3) is 0 Å². The van der Waals surface area contributed by atoms with E-state index in [1.165, 1.54) is 154 Å². The van der Waals surface area contributed by atoms with Gasteiger partial charge in [0.2, 0.25) is 0 Å². The lowest BCUT2D eigenvalue weighted by molar-refractivity contribution is -0.161. The lowest BCUT2D eigenvalue weighted by Crippen LogP contribution is -2.29. The monoisotopic (exact) mass is 746 g/mol. The second-order valence-electron chi connectivity index (χ2n) is 15.0. The van der Waals surface area contributed by atoms with Crippen LogP contribution in [0.5, 0.6) is 0 Å². The van der Waals surface area contributed by atoms with E-state index in [0.29, 0.717) is 13.0 Å². The Hall–Kier alpha value is -0.950. The fourth-order valence-corrected chi connectivity index (χ4v) is 7.45. The number of carbonyl (C=O) groups excluding carboxylic acids is 2. The van der Waals surface area contributed by atoms with Crippen LogP contribution in [-0.4, -0.2) is 55.9 Å². The number of hydrogen-bond acceptors (Lipinski definition) is 7. The molecule has 0 amide bonds. The zero-order valence-corrected chi connectivity index (χ0v) is 34.8. The van der Waals surface area contributed by atoms with Gasteiger partial charge in [-0.15, -0.1) is 0 Å². The first-order valence-electron chi connectivity index (χ1n) is 21.8. The highest BCUT2D eigenvalue weighted by Crippen LogP contribution is 2.41. The molecule has 0 saturated carbocycles. The molecule has 51 heavy (non-hydrogen) atoms. The third kappa shape index (κ3) is 38.6. The van der Waals surface area contributed by atoms with Crippen molar-refractivity contribution in [3.8, 4) is 0 Å². The molecule has 0 saturated heterocycles. The minimum Gasteiger partial charge on any atom is -0.462 e. The number of esters is 2. The maximum atomic E-state index is 12.6. The molecule has 9 heteroatoms. The smallest absolute Gasteiger partial charge is 0.329 e. The largest absolute Gasteiger partial charge is 0.462 e. The molecule has 0 rings (SSSR count). The molecule has 0 bridgehead atoms. The molecule has 1 unspecified atom stereocenters. The van der Waals surface area contributed by atoms with Crippen LogP contribution in [0, 0.1) is 0 Å². The molecule has 0 aliphatic rings. The van der Waals surface area contributed by atoms with Gasteiger partial charge >= 0.3 is 19.5 Å². The third-order valence-electron chi connectivity index (χ3n) is 9.80. The number of ether oxygens (including phenoxy) is 2. The summed E-state index contributed by atoms with van der Waals surface area (Å²) in [6, 6.07) is 0. The Morgan fingerprint density at radius 1 is 0.529 bits per heavy atom. The highest BCUT2D eigenvalue weighted by Gasteiger charge is 2.24. The fourth-order valence-electron chi connectivity index (χ4n) is 6.42. The van der Waals surface area contributed by atoms with Gasteiger partial charge in [0.15, 0.2) is 6.10 Å². The van der Waals surface area contributed by atoms with Gasteiger partial charge in [-0.1, -0.05) is 194 Å². The van der Waals surface area contributed by atoms with E-state index in [4.69, 9.17) is 14.0 Å². The van der Waals surface area contributed by atoms with Gasteiger partial charge in [0.1, 0.15) is 6.61 Å². The standard InChI is InChI=1S/C42H84NO7P/c1-4-6-8-10-12-14-16-18-20-22-24-26-28-30-32-34-41(44)48-38-40(39-49-51(46,47)37-36-43-3)50-42(45)35-33-31-29-27-25-23-21-19-17-15-13-11-9-7-5-2/h40,43H,4-39H2,1-3H3,(H,46,47)/t40-/m0/s1.